The standard InChI is InChI=1S/C26H28N2O3S/c1-3-9-24(29)27-21-12-8-13-23(18-21)32-25(19-10-6-5-7-11-19)26(30)28-20-14-16-22(17-15-20)31-4-2/h5-8,10-18,25H,3-4,9H2,1-2H3,(H,27,29)(H,28,30). The number of benzene rings is 3. The molecule has 6 heteroatoms. The van der Waals surface area contributed by atoms with Crippen LogP contribution in [0.5, 0.6) is 5.75 Å². The number of carbonyl (C=O) groups is 2. The third-order valence-electron chi connectivity index (χ3n) is 4.62. The number of nitrogens with one attached hydrogen (secondary N) is 2. The monoisotopic (exact) mass is 448 g/mol. The van der Waals surface area contributed by atoms with Gasteiger partial charge in [0.2, 0.25) is 11.8 Å². The quantitative estimate of drug-likeness (QED) is 0.357. The molecule has 0 aliphatic carbocycles. The van der Waals surface area contributed by atoms with Crippen molar-refractivity contribution in [3.05, 3.63) is 84.4 Å². The number of ether oxygens (including phenoxy) is 1. The first kappa shape index (κ1) is 23.4. The molecule has 1 atom stereocenters. The molecule has 3 aromatic carbocycles. The second-order valence-corrected chi connectivity index (χ2v) is 8.36. The summed E-state index contributed by atoms with van der Waals surface area (Å²) in [6, 6.07) is 24.6. The van der Waals surface area contributed by atoms with Crippen LogP contribution in [-0.4, -0.2) is 18.4 Å². The van der Waals surface area contributed by atoms with Gasteiger partial charge >= 0.3 is 0 Å². The summed E-state index contributed by atoms with van der Waals surface area (Å²) in [5.41, 5.74) is 2.34. The van der Waals surface area contributed by atoms with Crippen molar-refractivity contribution < 1.29 is 14.3 Å². The fourth-order valence-corrected chi connectivity index (χ4v) is 4.23. The number of amides is 2. The Kier molecular flexibility index (Phi) is 8.75. The van der Waals surface area contributed by atoms with Gasteiger partial charge in [-0.2, -0.15) is 0 Å². The molecular weight excluding hydrogens is 420 g/mol. The molecule has 1 unspecified atom stereocenters. The van der Waals surface area contributed by atoms with Gasteiger partial charge in [-0.15, -0.1) is 11.8 Å². The van der Waals surface area contributed by atoms with E-state index in [9.17, 15) is 9.59 Å². The molecule has 5 nitrogen and oxygen atoms in total. The Labute approximate surface area is 193 Å². The molecule has 0 radical (unpaired) electrons. The number of anilines is 2. The Bertz CT molecular complexity index is 1020. The average Bonchev–Trinajstić information content (AvgIpc) is 2.80. The molecule has 0 aliphatic rings. The molecule has 0 saturated heterocycles. The Morgan fingerprint density at radius 2 is 1.62 bits per heavy atom. The highest BCUT2D eigenvalue weighted by molar-refractivity contribution is 8.00. The summed E-state index contributed by atoms with van der Waals surface area (Å²) in [5, 5.41) is 5.47. The maximum Gasteiger partial charge on any atom is 0.242 e. The van der Waals surface area contributed by atoms with Crippen LogP contribution in [0.1, 0.15) is 37.5 Å². The largest absolute Gasteiger partial charge is 0.494 e. The van der Waals surface area contributed by atoms with Crippen LogP contribution in [0.2, 0.25) is 0 Å². The minimum atomic E-state index is -0.454. The zero-order chi connectivity index (χ0) is 22.8. The predicted molar refractivity (Wildman–Crippen MR) is 131 cm³/mol. The predicted octanol–water partition coefficient (Wildman–Crippen LogP) is 6.30. The normalized spacial score (nSPS) is 11.4. The lowest BCUT2D eigenvalue weighted by molar-refractivity contribution is -0.116. The number of carbonyl (C=O) groups excluding carboxylic acids is 2. The van der Waals surface area contributed by atoms with Gasteiger partial charge in [0, 0.05) is 22.7 Å². The highest BCUT2D eigenvalue weighted by Gasteiger charge is 2.22. The van der Waals surface area contributed by atoms with E-state index in [0.717, 1.165) is 28.3 Å². The molecule has 2 N–H and O–H groups in total. The van der Waals surface area contributed by atoms with E-state index in [1.165, 1.54) is 11.8 Å². The van der Waals surface area contributed by atoms with Crippen molar-refractivity contribution in [2.45, 2.75) is 36.8 Å². The van der Waals surface area contributed by atoms with E-state index in [1.54, 1.807) is 0 Å². The van der Waals surface area contributed by atoms with E-state index in [0.29, 0.717) is 18.7 Å². The zero-order valence-corrected chi connectivity index (χ0v) is 19.2. The molecule has 0 spiro atoms. The van der Waals surface area contributed by atoms with Crippen LogP contribution in [-0.2, 0) is 9.59 Å². The molecule has 166 valence electrons. The van der Waals surface area contributed by atoms with Crippen molar-refractivity contribution in [3.8, 4) is 5.75 Å². The van der Waals surface area contributed by atoms with Gasteiger partial charge in [0.15, 0.2) is 0 Å². The lowest BCUT2D eigenvalue weighted by Gasteiger charge is -2.18. The van der Waals surface area contributed by atoms with Crippen LogP contribution < -0.4 is 15.4 Å². The third kappa shape index (κ3) is 6.89. The van der Waals surface area contributed by atoms with E-state index in [4.69, 9.17) is 4.74 Å². The summed E-state index contributed by atoms with van der Waals surface area (Å²) in [6.07, 6.45) is 1.27. The average molecular weight is 449 g/mol. The summed E-state index contributed by atoms with van der Waals surface area (Å²) >= 11 is 1.45. The van der Waals surface area contributed by atoms with Crippen LogP contribution >= 0.6 is 11.8 Å². The summed E-state index contributed by atoms with van der Waals surface area (Å²) in [5.74, 6) is 0.634. The first-order chi connectivity index (χ1) is 15.6. The highest BCUT2D eigenvalue weighted by atomic mass is 32.2. The Morgan fingerprint density at radius 3 is 2.31 bits per heavy atom. The van der Waals surface area contributed by atoms with Crippen LogP contribution in [0.3, 0.4) is 0 Å². The van der Waals surface area contributed by atoms with Gasteiger partial charge in [-0.25, -0.2) is 0 Å². The van der Waals surface area contributed by atoms with E-state index in [2.05, 4.69) is 10.6 Å². The Hall–Kier alpha value is -3.25. The maximum absolute atomic E-state index is 13.2. The molecule has 0 aromatic heterocycles. The SMILES string of the molecule is CCCC(=O)Nc1cccc(SC(C(=O)Nc2ccc(OCC)cc2)c2ccccc2)c1. The van der Waals surface area contributed by atoms with E-state index < -0.39 is 5.25 Å². The molecule has 3 aromatic rings. The van der Waals surface area contributed by atoms with Crippen molar-refractivity contribution in [1.29, 1.82) is 0 Å². The number of thioether (sulfide) groups is 1. The van der Waals surface area contributed by atoms with Crippen LogP contribution in [0.4, 0.5) is 11.4 Å². The van der Waals surface area contributed by atoms with Gasteiger partial charge in [0.05, 0.1) is 6.61 Å². The van der Waals surface area contributed by atoms with E-state index >= 15 is 0 Å². The first-order valence-electron chi connectivity index (χ1n) is 10.7. The highest BCUT2D eigenvalue weighted by Crippen LogP contribution is 2.37. The fraction of sp³-hybridized carbons (Fsp3) is 0.231. The summed E-state index contributed by atoms with van der Waals surface area (Å²) < 4.78 is 5.47. The van der Waals surface area contributed by atoms with Crippen LogP contribution in [0, 0.1) is 0 Å². The molecule has 0 heterocycles. The van der Waals surface area contributed by atoms with Gasteiger partial charge in [-0.1, -0.05) is 43.3 Å². The molecular formula is C26H28N2O3S. The topological polar surface area (TPSA) is 67.4 Å². The minimum absolute atomic E-state index is 0.0116. The van der Waals surface area contributed by atoms with Crippen LogP contribution in [0.25, 0.3) is 0 Å². The van der Waals surface area contributed by atoms with Crippen molar-refractivity contribution in [2.24, 2.45) is 0 Å². The molecule has 32 heavy (non-hydrogen) atoms. The third-order valence-corrected chi connectivity index (χ3v) is 5.87. The van der Waals surface area contributed by atoms with Crippen molar-refractivity contribution in [2.75, 3.05) is 17.2 Å². The molecule has 0 saturated carbocycles. The van der Waals surface area contributed by atoms with Gasteiger partial charge in [0.25, 0.3) is 0 Å². The Balaban J connectivity index is 1.78. The summed E-state index contributed by atoms with van der Waals surface area (Å²) in [4.78, 5) is 26.1. The van der Waals surface area contributed by atoms with Crippen molar-refractivity contribution in [3.63, 3.8) is 0 Å². The van der Waals surface area contributed by atoms with Gasteiger partial charge < -0.3 is 15.4 Å². The van der Waals surface area contributed by atoms with Gasteiger partial charge in [-0.3, -0.25) is 9.59 Å². The second kappa shape index (κ2) is 12.0. The zero-order valence-electron chi connectivity index (χ0n) is 18.3. The second-order valence-electron chi connectivity index (χ2n) is 7.18. The minimum Gasteiger partial charge on any atom is -0.494 e. The molecule has 3 rings (SSSR count). The van der Waals surface area contributed by atoms with E-state index in [1.807, 2.05) is 92.7 Å². The first-order valence-corrected chi connectivity index (χ1v) is 11.6. The number of hydrogen-bond donors (Lipinski definition) is 2. The van der Waals surface area contributed by atoms with Gasteiger partial charge in [-0.05, 0) is 61.4 Å². The smallest absolute Gasteiger partial charge is 0.242 e. The van der Waals surface area contributed by atoms with Crippen LogP contribution in [0.15, 0.2) is 83.8 Å². The molecule has 2 amide bonds. The fourth-order valence-electron chi connectivity index (χ4n) is 3.14. The Morgan fingerprint density at radius 1 is 0.875 bits per heavy atom. The maximum atomic E-state index is 13.2. The number of hydrogen-bond acceptors (Lipinski definition) is 4. The van der Waals surface area contributed by atoms with Crippen molar-refractivity contribution >= 4 is 35.0 Å². The van der Waals surface area contributed by atoms with Crippen molar-refractivity contribution in [1.82, 2.24) is 0 Å². The van der Waals surface area contributed by atoms with E-state index in [-0.39, 0.29) is 11.8 Å². The lowest BCUT2D eigenvalue weighted by Crippen LogP contribution is -2.19. The lowest BCUT2D eigenvalue weighted by atomic mass is 10.1. The van der Waals surface area contributed by atoms with Gasteiger partial charge in [0.1, 0.15) is 11.0 Å². The molecule has 0 bridgehead atoms. The summed E-state index contributed by atoms with van der Waals surface area (Å²) in [6.45, 7) is 4.50. The molecule has 0 aliphatic heterocycles. The molecule has 0 fully saturated rings. The number of rotatable bonds is 10. The summed E-state index contributed by atoms with van der Waals surface area (Å²) in [7, 11) is 0.